The zero-order chi connectivity index (χ0) is 17.9. The van der Waals surface area contributed by atoms with Crippen LogP contribution in [0.15, 0.2) is 24.3 Å². The van der Waals surface area contributed by atoms with E-state index in [1.807, 2.05) is 24.3 Å². The summed E-state index contributed by atoms with van der Waals surface area (Å²) in [6, 6.07) is 10.1. The first-order valence-electron chi connectivity index (χ1n) is 7.80. The van der Waals surface area contributed by atoms with Gasteiger partial charge in [-0.05, 0) is 30.5 Å². The number of hydrogen-bond acceptors (Lipinski definition) is 5. The molecule has 2 rings (SSSR count). The average molecular weight is 326 g/mol. The van der Waals surface area contributed by atoms with Crippen LogP contribution in [0, 0.1) is 11.3 Å². The van der Waals surface area contributed by atoms with E-state index in [2.05, 4.69) is 35.3 Å². The van der Waals surface area contributed by atoms with Crippen molar-refractivity contribution in [3.63, 3.8) is 0 Å². The second-order valence-electron chi connectivity index (χ2n) is 6.54. The van der Waals surface area contributed by atoms with E-state index < -0.39 is 5.54 Å². The molecule has 0 spiro atoms. The maximum Gasteiger partial charge on any atom is 0.247 e. The highest BCUT2D eigenvalue weighted by Crippen LogP contribution is 2.19. The number of carbonyl (C=O) groups is 1. The van der Waals surface area contributed by atoms with Crippen LogP contribution in [0.25, 0.3) is 11.4 Å². The van der Waals surface area contributed by atoms with Gasteiger partial charge in [-0.15, -0.1) is 10.2 Å². The molecule has 1 aromatic carbocycles. The summed E-state index contributed by atoms with van der Waals surface area (Å²) in [5.74, 6) is 0.681. The van der Waals surface area contributed by atoms with Crippen LogP contribution in [0.1, 0.15) is 39.2 Å². The summed E-state index contributed by atoms with van der Waals surface area (Å²) in [5, 5.41) is 21.3. The standard InChI is InChI=1S/C17H22N6O/c1-12(2)13-6-8-14(9-7-13)16-19-21-23(20-16)10-15(24)22(5)17(3,4)11-18/h6-9,12H,10H2,1-5H3. The van der Waals surface area contributed by atoms with Gasteiger partial charge in [0.1, 0.15) is 12.1 Å². The van der Waals surface area contributed by atoms with E-state index in [0.29, 0.717) is 11.7 Å². The SMILES string of the molecule is CC(C)c1ccc(-c2nnn(CC(=O)N(C)C(C)(C)C#N)n2)cc1. The smallest absolute Gasteiger partial charge is 0.247 e. The van der Waals surface area contributed by atoms with Crippen molar-refractivity contribution in [2.45, 2.75) is 45.7 Å². The fourth-order valence-electron chi connectivity index (χ4n) is 2.06. The summed E-state index contributed by atoms with van der Waals surface area (Å²) in [5.41, 5.74) is 1.21. The molecule has 0 aliphatic heterocycles. The lowest BCUT2D eigenvalue weighted by Gasteiger charge is -2.28. The monoisotopic (exact) mass is 326 g/mol. The summed E-state index contributed by atoms with van der Waals surface area (Å²) in [6.07, 6.45) is 0. The third kappa shape index (κ3) is 3.77. The summed E-state index contributed by atoms with van der Waals surface area (Å²) in [6.45, 7) is 7.57. The fourth-order valence-corrected chi connectivity index (χ4v) is 2.06. The van der Waals surface area contributed by atoms with Gasteiger partial charge in [0, 0.05) is 12.6 Å². The molecule has 0 saturated carbocycles. The number of nitrogens with zero attached hydrogens (tertiary/aromatic N) is 6. The first kappa shape index (κ1) is 17.6. The molecular formula is C17H22N6O. The Bertz CT molecular complexity index is 754. The molecule has 7 nitrogen and oxygen atoms in total. The van der Waals surface area contributed by atoms with Gasteiger partial charge >= 0.3 is 0 Å². The Morgan fingerprint density at radius 1 is 1.33 bits per heavy atom. The number of carbonyl (C=O) groups excluding carboxylic acids is 1. The van der Waals surface area contributed by atoms with E-state index in [1.165, 1.54) is 15.3 Å². The minimum atomic E-state index is -0.882. The van der Waals surface area contributed by atoms with E-state index in [9.17, 15) is 4.79 Å². The van der Waals surface area contributed by atoms with Gasteiger partial charge in [0.15, 0.2) is 0 Å². The Kier molecular flexibility index (Phi) is 4.98. The summed E-state index contributed by atoms with van der Waals surface area (Å²) in [4.78, 5) is 14.9. The Morgan fingerprint density at radius 3 is 2.50 bits per heavy atom. The molecule has 0 aliphatic carbocycles. The zero-order valence-corrected chi connectivity index (χ0v) is 14.7. The first-order chi connectivity index (χ1) is 11.2. The van der Waals surface area contributed by atoms with Gasteiger partial charge in [0.25, 0.3) is 0 Å². The van der Waals surface area contributed by atoms with E-state index in [-0.39, 0.29) is 12.5 Å². The molecule has 24 heavy (non-hydrogen) atoms. The second-order valence-corrected chi connectivity index (χ2v) is 6.54. The minimum Gasteiger partial charge on any atom is -0.326 e. The van der Waals surface area contributed by atoms with Crippen molar-refractivity contribution in [1.82, 2.24) is 25.1 Å². The number of aromatic nitrogens is 4. The van der Waals surface area contributed by atoms with Crippen LogP contribution in [0.5, 0.6) is 0 Å². The molecule has 0 fully saturated rings. The van der Waals surface area contributed by atoms with Gasteiger partial charge in [-0.2, -0.15) is 10.1 Å². The Balaban J connectivity index is 2.11. The third-order valence-corrected chi connectivity index (χ3v) is 4.05. The van der Waals surface area contributed by atoms with Gasteiger partial charge in [-0.1, -0.05) is 38.1 Å². The van der Waals surface area contributed by atoms with Gasteiger partial charge < -0.3 is 4.90 Å². The second kappa shape index (κ2) is 6.79. The van der Waals surface area contributed by atoms with E-state index in [4.69, 9.17) is 5.26 Å². The highest BCUT2D eigenvalue weighted by atomic mass is 16.2. The molecule has 1 heterocycles. The normalized spacial score (nSPS) is 11.4. The van der Waals surface area contributed by atoms with Crippen molar-refractivity contribution < 1.29 is 4.79 Å². The largest absolute Gasteiger partial charge is 0.326 e. The Labute approximate surface area is 141 Å². The molecule has 0 bridgehead atoms. The van der Waals surface area contributed by atoms with Crippen LogP contribution in [-0.4, -0.2) is 43.6 Å². The minimum absolute atomic E-state index is 0.0569. The number of benzene rings is 1. The molecular weight excluding hydrogens is 304 g/mol. The molecule has 1 amide bonds. The number of nitriles is 1. The predicted octanol–water partition coefficient (Wildman–Crippen LogP) is 2.22. The van der Waals surface area contributed by atoms with E-state index in [1.54, 1.807) is 20.9 Å². The number of amides is 1. The van der Waals surface area contributed by atoms with Crippen LogP contribution in [0.4, 0.5) is 0 Å². The van der Waals surface area contributed by atoms with Crippen molar-refractivity contribution in [2.24, 2.45) is 0 Å². The number of rotatable bonds is 5. The van der Waals surface area contributed by atoms with Gasteiger partial charge in [0.05, 0.1) is 6.07 Å². The Morgan fingerprint density at radius 2 is 1.96 bits per heavy atom. The maximum absolute atomic E-state index is 12.2. The molecule has 0 unspecified atom stereocenters. The maximum atomic E-state index is 12.2. The summed E-state index contributed by atoms with van der Waals surface area (Å²) in [7, 11) is 1.59. The number of likely N-dealkylation sites (N-methyl/N-ethyl adjacent to an activating group) is 1. The highest BCUT2D eigenvalue weighted by Gasteiger charge is 2.27. The summed E-state index contributed by atoms with van der Waals surface area (Å²) < 4.78 is 0. The lowest BCUT2D eigenvalue weighted by atomic mass is 10.0. The molecule has 0 radical (unpaired) electrons. The van der Waals surface area contributed by atoms with Crippen molar-refractivity contribution in [2.75, 3.05) is 7.05 Å². The number of hydrogen-bond donors (Lipinski definition) is 0. The van der Waals surface area contributed by atoms with Crippen molar-refractivity contribution in [3.05, 3.63) is 29.8 Å². The topological polar surface area (TPSA) is 87.7 Å². The average Bonchev–Trinajstić information content (AvgIpc) is 3.02. The fraction of sp³-hybridized carbons (Fsp3) is 0.471. The van der Waals surface area contributed by atoms with Gasteiger partial charge in [-0.25, -0.2) is 0 Å². The molecule has 0 atom stereocenters. The van der Waals surface area contributed by atoms with Crippen LogP contribution in [0.3, 0.4) is 0 Å². The zero-order valence-electron chi connectivity index (χ0n) is 14.7. The molecule has 0 N–H and O–H groups in total. The quantitative estimate of drug-likeness (QED) is 0.840. The van der Waals surface area contributed by atoms with Gasteiger partial charge in [-0.3, -0.25) is 4.79 Å². The molecule has 1 aromatic heterocycles. The van der Waals surface area contributed by atoms with Crippen molar-refractivity contribution in [3.8, 4) is 17.5 Å². The molecule has 2 aromatic rings. The van der Waals surface area contributed by atoms with Crippen LogP contribution in [-0.2, 0) is 11.3 Å². The number of tetrazole rings is 1. The van der Waals surface area contributed by atoms with Crippen LogP contribution < -0.4 is 0 Å². The van der Waals surface area contributed by atoms with Crippen molar-refractivity contribution >= 4 is 5.91 Å². The predicted molar refractivity (Wildman–Crippen MR) is 89.8 cm³/mol. The third-order valence-electron chi connectivity index (χ3n) is 4.05. The van der Waals surface area contributed by atoms with E-state index in [0.717, 1.165) is 5.56 Å². The highest BCUT2D eigenvalue weighted by molar-refractivity contribution is 5.76. The Hall–Kier alpha value is -2.75. The molecule has 126 valence electrons. The van der Waals surface area contributed by atoms with Gasteiger partial charge in [0.2, 0.25) is 11.7 Å². The lowest BCUT2D eigenvalue weighted by molar-refractivity contribution is -0.134. The molecule has 0 aliphatic rings. The van der Waals surface area contributed by atoms with E-state index >= 15 is 0 Å². The first-order valence-corrected chi connectivity index (χ1v) is 7.80. The van der Waals surface area contributed by atoms with Crippen LogP contribution >= 0.6 is 0 Å². The molecule has 7 heteroatoms. The summed E-state index contributed by atoms with van der Waals surface area (Å²) >= 11 is 0. The molecule has 0 saturated heterocycles. The lowest BCUT2D eigenvalue weighted by Crippen LogP contribution is -2.45. The van der Waals surface area contributed by atoms with Crippen molar-refractivity contribution in [1.29, 1.82) is 5.26 Å². The van der Waals surface area contributed by atoms with Crippen LogP contribution in [0.2, 0.25) is 0 Å².